The molecular formula is C14H27NO2. The van der Waals surface area contributed by atoms with Gasteiger partial charge in [-0.2, -0.15) is 0 Å². The first-order chi connectivity index (χ1) is 8.05. The molecule has 2 fully saturated rings. The lowest BCUT2D eigenvalue weighted by Gasteiger charge is -2.36. The first-order valence-electron chi connectivity index (χ1n) is 6.92. The Morgan fingerprint density at radius 1 is 1.35 bits per heavy atom. The van der Waals surface area contributed by atoms with Crippen LogP contribution in [0.1, 0.15) is 46.0 Å². The second-order valence-corrected chi connectivity index (χ2v) is 6.42. The predicted octanol–water partition coefficient (Wildman–Crippen LogP) is 2.35. The van der Waals surface area contributed by atoms with Crippen LogP contribution in [-0.4, -0.2) is 38.5 Å². The number of ether oxygens (including phenoxy) is 2. The van der Waals surface area contributed by atoms with Gasteiger partial charge in [-0.3, -0.25) is 0 Å². The van der Waals surface area contributed by atoms with Crippen molar-refractivity contribution in [3.8, 4) is 0 Å². The monoisotopic (exact) mass is 241 g/mol. The molecule has 1 saturated carbocycles. The predicted molar refractivity (Wildman–Crippen MR) is 69.2 cm³/mol. The molecule has 0 radical (unpaired) electrons. The third-order valence-electron chi connectivity index (χ3n) is 4.26. The highest BCUT2D eigenvalue weighted by molar-refractivity contribution is 4.96. The van der Waals surface area contributed by atoms with Crippen molar-refractivity contribution in [2.75, 3.05) is 26.9 Å². The maximum Gasteiger partial charge on any atom is 0.0641 e. The van der Waals surface area contributed by atoms with Gasteiger partial charge in [0, 0.05) is 32.9 Å². The normalized spacial score (nSPS) is 30.2. The molecule has 17 heavy (non-hydrogen) atoms. The SMILES string of the molecule is COCCC1(CNC2CCOC(C)(C)C2)CC1. The molecule has 3 heteroatoms. The van der Waals surface area contributed by atoms with Crippen LogP contribution in [0, 0.1) is 5.41 Å². The molecule has 1 aliphatic carbocycles. The van der Waals surface area contributed by atoms with Crippen LogP contribution in [0.4, 0.5) is 0 Å². The molecule has 1 atom stereocenters. The first-order valence-corrected chi connectivity index (χ1v) is 6.92. The Morgan fingerprint density at radius 3 is 2.71 bits per heavy atom. The fraction of sp³-hybridized carbons (Fsp3) is 1.00. The van der Waals surface area contributed by atoms with Crippen LogP contribution in [0.5, 0.6) is 0 Å². The van der Waals surface area contributed by atoms with Gasteiger partial charge in [-0.05, 0) is 51.4 Å². The lowest BCUT2D eigenvalue weighted by Crippen LogP contribution is -2.45. The summed E-state index contributed by atoms with van der Waals surface area (Å²) in [6.45, 7) is 7.35. The van der Waals surface area contributed by atoms with Crippen molar-refractivity contribution in [3.63, 3.8) is 0 Å². The Hall–Kier alpha value is -0.120. The lowest BCUT2D eigenvalue weighted by atomic mass is 9.93. The van der Waals surface area contributed by atoms with Crippen LogP contribution in [0.2, 0.25) is 0 Å². The van der Waals surface area contributed by atoms with Crippen molar-refractivity contribution in [2.45, 2.75) is 57.6 Å². The van der Waals surface area contributed by atoms with E-state index in [2.05, 4.69) is 19.2 Å². The number of hydrogen-bond donors (Lipinski definition) is 1. The second kappa shape index (κ2) is 5.25. The van der Waals surface area contributed by atoms with E-state index in [-0.39, 0.29) is 5.60 Å². The van der Waals surface area contributed by atoms with E-state index in [0.29, 0.717) is 11.5 Å². The zero-order valence-corrected chi connectivity index (χ0v) is 11.6. The van der Waals surface area contributed by atoms with Crippen molar-refractivity contribution < 1.29 is 9.47 Å². The highest BCUT2D eigenvalue weighted by Crippen LogP contribution is 2.48. The zero-order valence-electron chi connectivity index (χ0n) is 11.6. The number of nitrogens with one attached hydrogen (secondary N) is 1. The molecule has 1 unspecified atom stereocenters. The highest BCUT2D eigenvalue weighted by atomic mass is 16.5. The third kappa shape index (κ3) is 3.94. The number of methoxy groups -OCH3 is 1. The standard InChI is InChI=1S/C14H27NO2/c1-13(2)10-12(4-8-17-13)15-11-14(5-6-14)7-9-16-3/h12,15H,4-11H2,1-3H3. The Bertz CT molecular complexity index is 249. The van der Waals surface area contributed by atoms with Gasteiger partial charge in [-0.15, -0.1) is 0 Å². The molecule has 1 saturated heterocycles. The van der Waals surface area contributed by atoms with Crippen LogP contribution in [0.15, 0.2) is 0 Å². The summed E-state index contributed by atoms with van der Waals surface area (Å²) in [7, 11) is 1.80. The summed E-state index contributed by atoms with van der Waals surface area (Å²) in [5.74, 6) is 0. The van der Waals surface area contributed by atoms with Gasteiger partial charge < -0.3 is 14.8 Å². The summed E-state index contributed by atoms with van der Waals surface area (Å²) in [5, 5.41) is 3.75. The highest BCUT2D eigenvalue weighted by Gasteiger charge is 2.42. The fourth-order valence-corrected chi connectivity index (χ4v) is 2.78. The van der Waals surface area contributed by atoms with Crippen LogP contribution < -0.4 is 5.32 Å². The van der Waals surface area contributed by atoms with E-state index in [4.69, 9.17) is 9.47 Å². The van der Waals surface area contributed by atoms with Crippen LogP contribution in [-0.2, 0) is 9.47 Å². The van der Waals surface area contributed by atoms with E-state index in [9.17, 15) is 0 Å². The van der Waals surface area contributed by atoms with Crippen LogP contribution in [0.25, 0.3) is 0 Å². The molecule has 100 valence electrons. The largest absolute Gasteiger partial charge is 0.385 e. The lowest BCUT2D eigenvalue weighted by molar-refractivity contribution is -0.0634. The molecule has 0 spiro atoms. The summed E-state index contributed by atoms with van der Waals surface area (Å²) in [6, 6.07) is 0.638. The quantitative estimate of drug-likeness (QED) is 0.774. The Balaban J connectivity index is 1.71. The van der Waals surface area contributed by atoms with Gasteiger partial charge in [0.05, 0.1) is 5.60 Å². The average molecular weight is 241 g/mol. The Morgan fingerprint density at radius 2 is 2.12 bits per heavy atom. The smallest absolute Gasteiger partial charge is 0.0641 e. The van der Waals surface area contributed by atoms with Crippen molar-refractivity contribution in [3.05, 3.63) is 0 Å². The van der Waals surface area contributed by atoms with Crippen LogP contribution in [0.3, 0.4) is 0 Å². The molecule has 1 N–H and O–H groups in total. The Kier molecular flexibility index (Phi) is 4.11. The van der Waals surface area contributed by atoms with E-state index in [0.717, 1.165) is 32.6 Å². The molecule has 3 nitrogen and oxygen atoms in total. The van der Waals surface area contributed by atoms with Gasteiger partial charge in [0.2, 0.25) is 0 Å². The number of hydrogen-bond acceptors (Lipinski definition) is 3. The minimum atomic E-state index is 0.0547. The van der Waals surface area contributed by atoms with Crippen molar-refractivity contribution >= 4 is 0 Å². The minimum Gasteiger partial charge on any atom is -0.385 e. The van der Waals surface area contributed by atoms with Crippen LogP contribution >= 0.6 is 0 Å². The molecule has 0 bridgehead atoms. The average Bonchev–Trinajstić information content (AvgIpc) is 3.03. The van der Waals surface area contributed by atoms with Gasteiger partial charge in [-0.1, -0.05) is 0 Å². The van der Waals surface area contributed by atoms with Gasteiger partial charge >= 0.3 is 0 Å². The molecule has 1 aliphatic heterocycles. The van der Waals surface area contributed by atoms with E-state index in [1.165, 1.54) is 19.3 Å². The summed E-state index contributed by atoms with van der Waals surface area (Å²) < 4.78 is 10.9. The number of rotatable bonds is 6. The molecule has 2 rings (SSSR count). The van der Waals surface area contributed by atoms with Crippen molar-refractivity contribution in [2.24, 2.45) is 5.41 Å². The Labute approximate surface area is 105 Å². The zero-order chi connectivity index (χ0) is 12.4. The van der Waals surface area contributed by atoms with Gasteiger partial charge in [0.1, 0.15) is 0 Å². The maximum atomic E-state index is 5.75. The molecule has 0 aromatic rings. The third-order valence-corrected chi connectivity index (χ3v) is 4.26. The molecule has 2 aliphatic rings. The summed E-state index contributed by atoms with van der Waals surface area (Å²) >= 11 is 0. The van der Waals surface area contributed by atoms with Gasteiger partial charge in [0.15, 0.2) is 0 Å². The van der Waals surface area contributed by atoms with Gasteiger partial charge in [-0.25, -0.2) is 0 Å². The first kappa shape index (κ1) is 13.3. The molecule has 1 heterocycles. The topological polar surface area (TPSA) is 30.5 Å². The summed E-state index contributed by atoms with van der Waals surface area (Å²) in [6.07, 6.45) is 6.24. The second-order valence-electron chi connectivity index (χ2n) is 6.42. The molecule has 0 amide bonds. The molecule has 0 aromatic heterocycles. The van der Waals surface area contributed by atoms with E-state index >= 15 is 0 Å². The van der Waals surface area contributed by atoms with E-state index < -0.39 is 0 Å². The minimum absolute atomic E-state index is 0.0547. The fourth-order valence-electron chi connectivity index (χ4n) is 2.78. The van der Waals surface area contributed by atoms with Crippen molar-refractivity contribution in [1.82, 2.24) is 5.32 Å². The summed E-state index contributed by atoms with van der Waals surface area (Å²) in [4.78, 5) is 0. The van der Waals surface area contributed by atoms with E-state index in [1.807, 2.05) is 0 Å². The van der Waals surface area contributed by atoms with Crippen molar-refractivity contribution in [1.29, 1.82) is 0 Å². The summed E-state index contributed by atoms with van der Waals surface area (Å²) in [5.41, 5.74) is 0.609. The maximum absolute atomic E-state index is 5.75. The van der Waals surface area contributed by atoms with E-state index in [1.54, 1.807) is 7.11 Å². The molecule has 0 aromatic carbocycles. The van der Waals surface area contributed by atoms with Gasteiger partial charge in [0.25, 0.3) is 0 Å². The molecular weight excluding hydrogens is 214 g/mol.